The average Bonchev–Trinajstić information content (AvgIpc) is 2.80. The third-order valence-electron chi connectivity index (χ3n) is 4.35. The van der Waals surface area contributed by atoms with Gasteiger partial charge in [0, 0.05) is 5.69 Å². The van der Waals surface area contributed by atoms with Gasteiger partial charge in [-0.25, -0.2) is 0 Å². The summed E-state index contributed by atoms with van der Waals surface area (Å²) in [5.74, 6) is 0.936. The van der Waals surface area contributed by atoms with Crippen molar-refractivity contribution in [1.82, 2.24) is 0 Å². The summed E-state index contributed by atoms with van der Waals surface area (Å²) in [5.41, 5.74) is 2.22. The van der Waals surface area contributed by atoms with Crippen LogP contribution in [0.1, 0.15) is 25.0 Å². The minimum absolute atomic E-state index is 0.0342. The van der Waals surface area contributed by atoms with Crippen molar-refractivity contribution in [2.24, 2.45) is 5.92 Å². The first-order valence-corrected chi connectivity index (χ1v) is 7.16. The number of fused-ring (bicyclic) bond motifs is 1. The summed E-state index contributed by atoms with van der Waals surface area (Å²) in [5, 5.41) is 3.02. The van der Waals surface area contributed by atoms with Crippen molar-refractivity contribution in [3.63, 3.8) is 0 Å². The molecule has 1 N–H and O–H groups in total. The number of methoxy groups -OCH3 is 1. The lowest BCUT2D eigenvalue weighted by Crippen LogP contribution is -2.40. The van der Waals surface area contributed by atoms with Gasteiger partial charge < -0.3 is 10.1 Å². The molecule has 0 saturated heterocycles. The van der Waals surface area contributed by atoms with E-state index in [2.05, 4.69) is 19.2 Å². The van der Waals surface area contributed by atoms with Gasteiger partial charge in [-0.3, -0.25) is 4.79 Å². The summed E-state index contributed by atoms with van der Waals surface area (Å²) < 4.78 is 5.34. The Bertz CT molecular complexity index is 679. The van der Waals surface area contributed by atoms with E-state index in [0.29, 0.717) is 0 Å². The zero-order chi connectivity index (χ0) is 15.0. The molecule has 3 rings (SSSR count). The molecular weight excluding hydrogens is 262 g/mol. The van der Waals surface area contributed by atoms with Crippen LogP contribution in [0, 0.1) is 5.92 Å². The van der Waals surface area contributed by atoms with Crippen LogP contribution in [-0.4, -0.2) is 13.0 Å². The minimum atomic E-state index is -0.662. The largest absolute Gasteiger partial charge is 0.497 e. The first-order chi connectivity index (χ1) is 10.1. The fourth-order valence-corrected chi connectivity index (χ4v) is 3.32. The Morgan fingerprint density at radius 2 is 1.81 bits per heavy atom. The van der Waals surface area contributed by atoms with Gasteiger partial charge >= 0.3 is 0 Å². The smallest absolute Gasteiger partial charge is 0.239 e. The second-order valence-corrected chi connectivity index (χ2v) is 5.69. The number of hydrogen-bond donors (Lipinski definition) is 1. The second-order valence-electron chi connectivity index (χ2n) is 5.69. The lowest BCUT2D eigenvalue weighted by atomic mass is 9.67. The Kier molecular flexibility index (Phi) is 3.20. The Labute approximate surface area is 124 Å². The van der Waals surface area contributed by atoms with Gasteiger partial charge in [0.1, 0.15) is 11.2 Å². The number of anilines is 1. The van der Waals surface area contributed by atoms with Crippen LogP contribution in [0.3, 0.4) is 0 Å². The molecule has 3 nitrogen and oxygen atoms in total. The highest BCUT2D eigenvalue weighted by Gasteiger charge is 2.50. The van der Waals surface area contributed by atoms with Gasteiger partial charge in [-0.05, 0) is 35.2 Å². The molecule has 0 fully saturated rings. The zero-order valence-electron chi connectivity index (χ0n) is 12.5. The van der Waals surface area contributed by atoms with Gasteiger partial charge in [0.05, 0.1) is 7.11 Å². The summed E-state index contributed by atoms with van der Waals surface area (Å²) in [7, 11) is 1.64. The molecule has 0 aliphatic carbocycles. The Morgan fingerprint density at radius 3 is 2.43 bits per heavy atom. The number of ether oxygens (including phenoxy) is 1. The molecule has 1 amide bonds. The van der Waals surface area contributed by atoms with Crippen LogP contribution in [-0.2, 0) is 10.2 Å². The molecule has 2 aromatic rings. The molecule has 2 aromatic carbocycles. The minimum Gasteiger partial charge on any atom is -0.497 e. The number of carbonyl (C=O) groups excluding carboxylic acids is 1. The van der Waals surface area contributed by atoms with Crippen molar-refractivity contribution in [2.75, 3.05) is 12.4 Å². The topological polar surface area (TPSA) is 38.3 Å². The lowest BCUT2D eigenvalue weighted by Gasteiger charge is -2.32. The van der Waals surface area contributed by atoms with E-state index in [4.69, 9.17) is 4.74 Å². The SMILES string of the molecule is COc1ccc2c(c1)C(c1ccccc1)(C(C)C)C(=O)N2. The standard InChI is InChI=1S/C18H19NO2/c1-12(2)18(13-7-5-4-6-8-13)15-11-14(21-3)9-10-16(15)19-17(18)20/h4-12H,1-3H3,(H,19,20). The molecule has 1 aliphatic rings. The van der Waals surface area contributed by atoms with Gasteiger partial charge in [0.25, 0.3) is 0 Å². The third-order valence-corrected chi connectivity index (χ3v) is 4.35. The maximum atomic E-state index is 12.8. The van der Waals surface area contributed by atoms with Crippen LogP contribution >= 0.6 is 0 Å². The number of benzene rings is 2. The van der Waals surface area contributed by atoms with E-state index in [1.54, 1.807) is 7.11 Å². The third kappa shape index (κ3) is 1.84. The van der Waals surface area contributed by atoms with Gasteiger partial charge in [-0.2, -0.15) is 0 Å². The normalized spacial score (nSPS) is 20.3. The highest BCUT2D eigenvalue weighted by molar-refractivity contribution is 6.09. The zero-order valence-corrected chi connectivity index (χ0v) is 12.5. The van der Waals surface area contributed by atoms with E-state index in [0.717, 1.165) is 22.6 Å². The molecular formula is C18H19NO2. The highest BCUT2D eigenvalue weighted by Crippen LogP contribution is 2.48. The summed E-state index contributed by atoms with van der Waals surface area (Å²) >= 11 is 0. The predicted molar refractivity (Wildman–Crippen MR) is 83.7 cm³/mol. The fraction of sp³-hybridized carbons (Fsp3) is 0.278. The van der Waals surface area contributed by atoms with Crippen molar-refractivity contribution in [2.45, 2.75) is 19.3 Å². The molecule has 1 aliphatic heterocycles. The lowest BCUT2D eigenvalue weighted by molar-refractivity contribution is -0.120. The van der Waals surface area contributed by atoms with Crippen LogP contribution in [0.25, 0.3) is 0 Å². The molecule has 0 bridgehead atoms. The molecule has 21 heavy (non-hydrogen) atoms. The maximum absolute atomic E-state index is 12.8. The van der Waals surface area contributed by atoms with Crippen molar-refractivity contribution in [1.29, 1.82) is 0 Å². The van der Waals surface area contributed by atoms with E-state index in [9.17, 15) is 4.79 Å². The van der Waals surface area contributed by atoms with E-state index in [1.165, 1.54) is 0 Å². The molecule has 0 saturated carbocycles. The van der Waals surface area contributed by atoms with Gasteiger partial charge in [-0.1, -0.05) is 44.2 Å². The quantitative estimate of drug-likeness (QED) is 0.933. The molecule has 0 aromatic heterocycles. The number of carbonyl (C=O) groups is 1. The number of nitrogens with one attached hydrogen (secondary N) is 1. The summed E-state index contributed by atoms with van der Waals surface area (Å²) in [4.78, 5) is 12.8. The van der Waals surface area contributed by atoms with Gasteiger partial charge in [-0.15, -0.1) is 0 Å². The molecule has 1 heterocycles. The molecule has 3 heteroatoms. The summed E-state index contributed by atoms with van der Waals surface area (Å²) in [6.45, 7) is 4.17. The monoisotopic (exact) mass is 281 g/mol. The first kappa shape index (κ1) is 13.7. The van der Waals surface area contributed by atoms with Gasteiger partial charge in [0.2, 0.25) is 5.91 Å². The molecule has 0 spiro atoms. The van der Waals surface area contributed by atoms with Crippen LogP contribution in [0.15, 0.2) is 48.5 Å². The maximum Gasteiger partial charge on any atom is 0.239 e. The number of amides is 1. The number of hydrogen-bond acceptors (Lipinski definition) is 2. The second kappa shape index (κ2) is 4.92. The molecule has 108 valence electrons. The Morgan fingerprint density at radius 1 is 1.10 bits per heavy atom. The van der Waals surface area contributed by atoms with Crippen LogP contribution < -0.4 is 10.1 Å². The van der Waals surface area contributed by atoms with Crippen LogP contribution in [0.4, 0.5) is 5.69 Å². The van der Waals surface area contributed by atoms with E-state index < -0.39 is 5.41 Å². The Balaban J connectivity index is 2.30. The average molecular weight is 281 g/mol. The predicted octanol–water partition coefficient (Wildman–Crippen LogP) is 3.59. The van der Waals surface area contributed by atoms with E-state index in [-0.39, 0.29) is 11.8 Å². The van der Waals surface area contributed by atoms with Crippen molar-refractivity contribution < 1.29 is 9.53 Å². The highest BCUT2D eigenvalue weighted by atomic mass is 16.5. The summed E-state index contributed by atoms with van der Waals surface area (Å²) in [6.07, 6.45) is 0. The van der Waals surface area contributed by atoms with Crippen molar-refractivity contribution in [3.8, 4) is 5.75 Å². The van der Waals surface area contributed by atoms with Gasteiger partial charge in [0.15, 0.2) is 0 Å². The molecule has 1 unspecified atom stereocenters. The van der Waals surface area contributed by atoms with E-state index >= 15 is 0 Å². The van der Waals surface area contributed by atoms with Crippen LogP contribution in [0.2, 0.25) is 0 Å². The molecule has 1 atom stereocenters. The van der Waals surface area contributed by atoms with Crippen LogP contribution in [0.5, 0.6) is 5.75 Å². The van der Waals surface area contributed by atoms with Crippen molar-refractivity contribution >= 4 is 11.6 Å². The Hall–Kier alpha value is -2.29. The summed E-state index contributed by atoms with van der Waals surface area (Å²) in [6, 6.07) is 15.7. The van der Waals surface area contributed by atoms with Crippen molar-refractivity contribution in [3.05, 3.63) is 59.7 Å². The first-order valence-electron chi connectivity index (χ1n) is 7.16. The van der Waals surface area contributed by atoms with E-state index in [1.807, 2.05) is 48.5 Å². The fourth-order valence-electron chi connectivity index (χ4n) is 3.32. The number of rotatable bonds is 3. The molecule has 0 radical (unpaired) electrons.